The molecule has 3 unspecified atom stereocenters. The van der Waals surface area contributed by atoms with Crippen LogP contribution in [-0.4, -0.2) is 41.6 Å². The Labute approximate surface area is 277 Å². The molecule has 2 aliphatic rings. The van der Waals surface area contributed by atoms with E-state index in [2.05, 4.69) is 5.32 Å². The number of rotatable bonds is 6. The van der Waals surface area contributed by atoms with Crippen LogP contribution in [0.4, 0.5) is 43.4 Å². The summed E-state index contributed by atoms with van der Waals surface area (Å²) in [5.74, 6) is -4.31. The van der Waals surface area contributed by atoms with Gasteiger partial charge in [0.1, 0.15) is 11.8 Å². The van der Waals surface area contributed by atoms with Crippen LogP contribution in [0.5, 0.6) is 0 Å². The summed E-state index contributed by atoms with van der Waals surface area (Å²) in [6.07, 6.45) is -9.38. The van der Waals surface area contributed by atoms with Gasteiger partial charge in [0.25, 0.3) is 0 Å². The summed E-state index contributed by atoms with van der Waals surface area (Å²) < 4.78 is 81.3. The Bertz CT molecular complexity index is 1990. The molecule has 1 N–H and O–H groups in total. The fourth-order valence-electron chi connectivity index (χ4n) is 5.79. The van der Waals surface area contributed by atoms with Crippen molar-refractivity contribution < 1.29 is 40.7 Å². The molecule has 0 spiro atoms. The van der Waals surface area contributed by atoms with Crippen LogP contribution in [0.25, 0.3) is 0 Å². The topological polar surface area (TPSA) is 91.7 Å². The summed E-state index contributed by atoms with van der Waals surface area (Å²) in [6, 6.07) is 14.9. The SMILES string of the molecule is CN(C)c1ccc(C2c3sc(=O)n(CC(=O)Nc4cccc(C(F)(F)F)c4)c3SC3C(=O)N(c4cccc(C(F)(F)F)c4)C(=O)C32)cc1. The summed E-state index contributed by atoms with van der Waals surface area (Å²) in [5, 5.41) is 1.41. The molecule has 16 heteroatoms. The van der Waals surface area contributed by atoms with Crippen molar-refractivity contribution in [1.29, 1.82) is 0 Å². The number of aromatic nitrogens is 1. The van der Waals surface area contributed by atoms with Gasteiger partial charge < -0.3 is 10.2 Å². The van der Waals surface area contributed by atoms with Crippen molar-refractivity contribution >= 4 is 57.9 Å². The number of thiazole rings is 1. The van der Waals surface area contributed by atoms with Crippen LogP contribution in [-0.2, 0) is 33.3 Å². The van der Waals surface area contributed by atoms with Gasteiger partial charge in [0, 0.05) is 36.3 Å². The van der Waals surface area contributed by atoms with E-state index in [0.29, 0.717) is 10.4 Å². The van der Waals surface area contributed by atoms with Gasteiger partial charge in [0.05, 0.1) is 27.8 Å². The Morgan fingerprint density at radius 3 is 2.10 bits per heavy atom. The lowest BCUT2D eigenvalue weighted by atomic mass is 9.83. The number of hydrogen-bond donors (Lipinski definition) is 1. The number of nitrogens with zero attached hydrogens (tertiary/aromatic N) is 3. The molecule has 1 fully saturated rings. The molecule has 3 aromatic carbocycles. The number of thioether (sulfide) groups is 1. The highest BCUT2D eigenvalue weighted by molar-refractivity contribution is 8.00. The van der Waals surface area contributed by atoms with Crippen LogP contribution in [0.3, 0.4) is 0 Å². The third kappa shape index (κ3) is 6.09. The van der Waals surface area contributed by atoms with Gasteiger partial charge in [-0.25, -0.2) is 4.90 Å². The van der Waals surface area contributed by atoms with Crippen molar-refractivity contribution in [3.8, 4) is 0 Å². The molecule has 3 atom stereocenters. The predicted octanol–water partition coefficient (Wildman–Crippen LogP) is 6.45. The monoisotopic (exact) mass is 706 g/mol. The number of nitrogens with one attached hydrogen (secondary N) is 1. The van der Waals surface area contributed by atoms with E-state index in [4.69, 9.17) is 0 Å². The molecule has 0 radical (unpaired) electrons. The Balaban J connectivity index is 1.39. The number of benzene rings is 3. The maximum Gasteiger partial charge on any atom is 0.416 e. The van der Waals surface area contributed by atoms with Crippen LogP contribution >= 0.6 is 23.1 Å². The molecule has 3 amide bonds. The molecule has 250 valence electrons. The maximum atomic E-state index is 14.0. The zero-order valence-corrected chi connectivity index (χ0v) is 26.6. The van der Waals surface area contributed by atoms with E-state index in [1.165, 1.54) is 12.1 Å². The van der Waals surface area contributed by atoms with Crippen LogP contribution in [0.1, 0.15) is 27.5 Å². The summed E-state index contributed by atoms with van der Waals surface area (Å²) in [6.45, 7) is -0.614. The largest absolute Gasteiger partial charge is 0.416 e. The lowest BCUT2D eigenvalue weighted by molar-refractivity contribution is -0.138. The van der Waals surface area contributed by atoms with Gasteiger partial charge in [-0.15, -0.1) is 0 Å². The second-order valence-corrected chi connectivity index (χ2v) is 13.5. The van der Waals surface area contributed by atoms with Crippen LogP contribution in [0.15, 0.2) is 82.6 Å². The molecule has 2 aliphatic heterocycles. The third-order valence-electron chi connectivity index (χ3n) is 8.02. The minimum absolute atomic E-state index is 0.146. The molecule has 1 saturated heterocycles. The standard InChI is InChI=1S/C32H24F6N4O4S2/c1-40(2)20-11-9-16(10-12-20)23-24-25(28(45)42(27(24)44)21-8-4-6-18(14-21)32(36,37)38)47-29-26(23)48-30(46)41(29)15-22(43)39-19-7-3-5-17(13-19)31(33,34)35/h3-14,23-25H,15H2,1-2H3,(H,39,43). The van der Waals surface area contributed by atoms with E-state index in [9.17, 15) is 45.5 Å². The van der Waals surface area contributed by atoms with Crippen LogP contribution in [0, 0.1) is 5.92 Å². The third-order valence-corrected chi connectivity index (χ3v) is 10.6. The highest BCUT2D eigenvalue weighted by atomic mass is 32.2. The molecule has 6 rings (SSSR count). The van der Waals surface area contributed by atoms with Crippen molar-refractivity contribution in [1.82, 2.24) is 4.57 Å². The fraction of sp³-hybridized carbons (Fsp3) is 0.250. The molecule has 1 aromatic heterocycles. The molecular formula is C32H24F6N4O4S2. The first kappa shape index (κ1) is 33.3. The van der Waals surface area contributed by atoms with E-state index in [1.54, 1.807) is 24.3 Å². The maximum absolute atomic E-state index is 14.0. The average Bonchev–Trinajstić information content (AvgIpc) is 3.46. The highest BCUT2D eigenvalue weighted by Gasteiger charge is 2.57. The van der Waals surface area contributed by atoms with Crippen LogP contribution in [0.2, 0.25) is 0 Å². The van der Waals surface area contributed by atoms with E-state index in [-0.39, 0.29) is 16.4 Å². The van der Waals surface area contributed by atoms with E-state index >= 15 is 0 Å². The van der Waals surface area contributed by atoms with Crippen molar-refractivity contribution in [2.24, 2.45) is 5.92 Å². The molecule has 4 aromatic rings. The van der Waals surface area contributed by atoms with Gasteiger partial charge in [-0.3, -0.25) is 23.7 Å². The van der Waals surface area contributed by atoms with Crippen molar-refractivity contribution in [3.05, 3.63) is 104 Å². The summed E-state index contributed by atoms with van der Waals surface area (Å²) >= 11 is 1.61. The Morgan fingerprint density at radius 2 is 1.48 bits per heavy atom. The first-order chi connectivity index (χ1) is 22.5. The fourth-order valence-corrected chi connectivity index (χ4v) is 8.56. The smallest absolute Gasteiger partial charge is 0.378 e. The highest BCUT2D eigenvalue weighted by Crippen LogP contribution is 2.54. The molecular weight excluding hydrogens is 682 g/mol. The van der Waals surface area contributed by atoms with E-state index in [0.717, 1.165) is 74.7 Å². The molecule has 8 nitrogen and oxygen atoms in total. The predicted molar refractivity (Wildman–Crippen MR) is 168 cm³/mol. The second-order valence-electron chi connectivity index (χ2n) is 11.3. The number of hydrogen-bond acceptors (Lipinski definition) is 7. The minimum atomic E-state index is -4.73. The summed E-state index contributed by atoms with van der Waals surface area (Å²) in [5.41, 5.74) is -1.05. The average molecular weight is 707 g/mol. The van der Waals surface area contributed by atoms with E-state index < -0.39 is 69.7 Å². The summed E-state index contributed by atoms with van der Waals surface area (Å²) in [7, 11) is 3.64. The number of carbonyl (C=O) groups excluding carboxylic acids is 3. The van der Waals surface area contributed by atoms with Crippen molar-refractivity contribution in [3.63, 3.8) is 0 Å². The Morgan fingerprint density at radius 1 is 0.854 bits per heavy atom. The van der Waals surface area contributed by atoms with Gasteiger partial charge in [-0.1, -0.05) is 47.4 Å². The molecule has 0 aliphatic carbocycles. The van der Waals surface area contributed by atoms with E-state index in [1.807, 2.05) is 19.0 Å². The van der Waals surface area contributed by atoms with Gasteiger partial charge in [0.15, 0.2) is 0 Å². The number of amides is 3. The van der Waals surface area contributed by atoms with Gasteiger partial charge in [-0.2, -0.15) is 26.3 Å². The zero-order chi connectivity index (χ0) is 34.7. The number of imide groups is 1. The lowest BCUT2D eigenvalue weighted by Gasteiger charge is -2.31. The number of alkyl halides is 6. The van der Waals surface area contributed by atoms with Crippen molar-refractivity contribution in [2.75, 3.05) is 29.2 Å². The minimum Gasteiger partial charge on any atom is -0.378 e. The Hall–Kier alpha value is -4.57. The number of fused-ring (bicyclic) bond motifs is 2. The van der Waals surface area contributed by atoms with Crippen molar-refractivity contribution in [2.45, 2.75) is 35.1 Å². The lowest BCUT2D eigenvalue weighted by Crippen LogP contribution is -2.33. The Kier molecular flexibility index (Phi) is 8.44. The van der Waals surface area contributed by atoms with Gasteiger partial charge >= 0.3 is 17.2 Å². The number of carbonyl (C=O) groups is 3. The normalized spacial score (nSPS) is 19.2. The second kappa shape index (κ2) is 12.1. The van der Waals surface area contributed by atoms with Gasteiger partial charge in [-0.05, 0) is 54.1 Å². The first-order valence-electron chi connectivity index (χ1n) is 14.2. The zero-order valence-electron chi connectivity index (χ0n) is 24.9. The quantitative estimate of drug-likeness (QED) is 0.183. The molecule has 3 heterocycles. The number of anilines is 3. The molecule has 0 bridgehead atoms. The van der Waals surface area contributed by atoms with Crippen LogP contribution < -0.4 is 20.0 Å². The number of halogens is 6. The molecule has 0 saturated carbocycles. The first-order valence-corrected chi connectivity index (χ1v) is 15.9. The summed E-state index contributed by atoms with van der Waals surface area (Å²) in [4.78, 5) is 56.6. The molecule has 48 heavy (non-hydrogen) atoms. The van der Waals surface area contributed by atoms with Gasteiger partial charge in [0.2, 0.25) is 17.7 Å².